The molecule has 0 amide bonds. The van der Waals surface area contributed by atoms with Crippen molar-refractivity contribution in [2.45, 2.75) is 38.2 Å². The molecule has 3 aromatic rings. The number of aromatic nitrogens is 1. The predicted octanol–water partition coefficient (Wildman–Crippen LogP) is 3.60. The highest BCUT2D eigenvalue weighted by atomic mass is 32.2. The van der Waals surface area contributed by atoms with Gasteiger partial charge < -0.3 is 15.7 Å². The van der Waals surface area contributed by atoms with E-state index in [0.29, 0.717) is 27.0 Å². The second kappa shape index (κ2) is 9.54. The molecular weight excluding hydrogens is 514 g/mol. The van der Waals surface area contributed by atoms with Crippen LogP contribution in [-0.4, -0.2) is 41.5 Å². The molecular formula is C25H25N5O5S2. The zero-order chi connectivity index (χ0) is 27.1. The second-order valence-corrected chi connectivity index (χ2v) is 11.8. The van der Waals surface area contributed by atoms with Gasteiger partial charge in [-0.3, -0.25) is 19.7 Å². The molecule has 5 N–H and O–H groups in total. The molecule has 12 heteroatoms. The van der Waals surface area contributed by atoms with Crippen molar-refractivity contribution in [2.75, 3.05) is 10.6 Å². The molecule has 1 aliphatic heterocycles. The van der Waals surface area contributed by atoms with Crippen LogP contribution in [0.4, 0.5) is 11.4 Å². The molecule has 0 unspecified atom stereocenters. The number of carbonyl (C=O) groups is 2. The first-order valence-corrected chi connectivity index (χ1v) is 13.4. The Labute approximate surface area is 218 Å². The molecule has 0 radical (unpaired) electrons. The third-order valence-electron chi connectivity index (χ3n) is 5.52. The maximum Gasteiger partial charge on any atom is 0.262 e. The summed E-state index contributed by atoms with van der Waals surface area (Å²) in [6.07, 6.45) is 0. The van der Waals surface area contributed by atoms with Gasteiger partial charge in [0, 0.05) is 5.56 Å². The number of ketones is 2. The monoisotopic (exact) mass is 539 g/mol. The van der Waals surface area contributed by atoms with Gasteiger partial charge in [-0.2, -0.15) is 0 Å². The smallest absolute Gasteiger partial charge is 0.262 e. The quantitative estimate of drug-likeness (QED) is 0.0760. The highest BCUT2D eigenvalue weighted by molar-refractivity contribution is 7.90. The average molecular weight is 540 g/mol. The molecule has 0 spiro atoms. The van der Waals surface area contributed by atoms with E-state index in [1.807, 2.05) is 16.9 Å². The van der Waals surface area contributed by atoms with E-state index in [0.717, 1.165) is 6.07 Å². The lowest BCUT2D eigenvalue weighted by Crippen LogP contribution is -2.44. The van der Waals surface area contributed by atoms with Crippen LogP contribution in [0, 0.1) is 19.3 Å². The summed E-state index contributed by atoms with van der Waals surface area (Å²) < 4.78 is 27.7. The van der Waals surface area contributed by atoms with Crippen molar-refractivity contribution >= 4 is 50.1 Å². The van der Waals surface area contributed by atoms with Crippen molar-refractivity contribution in [3.05, 3.63) is 81.1 Å². The molecule has 2 aromatic carbocycles. The van der Waals surface area contributed by atoms with Crippen molar-refractivity contribution in [1.82, 2.24) is 9.71 Å². The summed E-state index contributed by atoms with van der Waals surface area (Å²) >= 11 is 1.17. The van der Waals surface area contributed by atoms with Crippen LogP contribution in [-0.2, 0) is 10.0 Å². The molecule has 1 aromatic heterocycles. The van der Waals surface area contributed by atoms with Gasteiger partial charge in [-0.15, -0.1) is 11.3 Å². The largest absolute Gasteiger partial charge is 0.383 e. The Balaban J connectivity index is 1.78. The molecule has 0 bridgehead atoms. The number of nitrogens with zero attached hydrogens (tertiary/aromatic N) is 1. The summed E-state index contributed by atoms with van der Waals surface area (Å²) in [4.78, 5) is 31.8. The standard InChI is InChI=1S/C25H25N5O5S2/c1-13-22(36-14(2)27-13)21(32)19(23-28-17-10-5-6-11-18(17)29-23)20(31)15-8-7-9-16(12-15)37(34,35)30-24(26)25(3,4)33/h5-12,28-29,33H,1-4H3,(H2,26,30). The summed E-state index contributed by atoms with van der Waals surface area (Å²) in [5.74, 6) is -1.70. The first-order valence-electron chi connectivity index (χ1n) is 11.1. The number of amidine groups is 1. The first-order chi connectivity index (χ1) is 17.3. The van der Waals surface area contributed by atoms with Crippen LogP contribution in [0.15, 0.2) is 64.8 Å². The van der Waals surface area contributed by atoms with Crippen molar-refractivity contribution in [3.8, 4) is 0 Å². The number of carbonyl (C=O) groups excluding carboxylic acids is 2. The van der Waals surface area contributed by atoms with E-state index in [9.17, 15) is 23.1 Å². The number of fused-ring (bicyclic) bond motifs is 1. The number of hydrogen-bond donors (Lipinski definition) is 5. The molecule has 192 valence electrons. The highest BCUT2D eigenvalue weighted by Crippen LogP contribution is 2.33. The number of rotatable bonds is 7. The number of anilines is 2. The van der Waals surface area contributed by atoms with Crippen LogP contribution in [0.5, 0.6) is 0 Å². The average Bonchev–Trinajstić information content (AvgIpc) is 3.40. The molecule has 37 heavy (non-hydrogen) atoms. The minimum absolute atomic E-state index is 0.0491. The van der Waals surface area contributed by atoms with Gasteiger partial charge >= 0.3 is 0 Å². The maximum absolute atomic E-state index is 13.8. The Morgan fingerprint density at radius 3 is 2.19 bits per heavy atom. The van der Waals surface area contributed by atoms with Gasteiger partial charge in [-0.1, -0.05) is 24.3 Å². The molecule has 2 heterocycles. The molecule has 0 saturated heterocycles. The number of para-hydroxylation sites is 2. The summed E-state index contributed by atoms with van der Waals surface area (Å²) in [7, 11) is -4.29. The number of thiazole rings is 1. The lowest BCUT2D eigenvalue weighted by Gasteiger charge is -2.20. The predicted molar refractivity (Wildman–Crippen MR) is 142 cm³/mol. The molecule has 1 aliphatic rings. The van der Waals surface area contributed by atoms with Gasteiger partial charge in [0.05, 0.1) is 31.8 Å². The lowest BCUT2D eigenvalue weighted by atomic mass is 9.98. The van der Waals surface area contributed by atoms with E-state index in [4.69, 9.17) is 5.41 Å². The van der Waals surface area contributed by atoms with E-state index < -0.39 is 33.0 Å². The Bertz CT molecular complexity index is 1560. The molecule has 4 rings (SSSR count). The fourth-order valence-electron chi connectivity index (χ4n) is 3.58. The number of benzene rings is 2. The summed E-state index contributed by atoms with van der Waals surface area (Å²) in [6, 6.07) is 12.4. The molecule has 10 nitrogen and oxygen atoms in total. The van der Waals surface area contributed by atoms with Crippen LogP contribution < -0.4 is 15.4 Å². The van der Waals surface area contributed by atoms with Crippen molar-refractivity contribution < 1.29 is 23.1 Å². The summed E-state index contributed by atoms with van der Waals surface area (Å²) in [5, 5.41) is 24.6. The van der Waals surface area contributed by atoms with E-state index >= 15 is 0 Å². The number of hydrogen-bond acceptors (Lipinski definition) is 10. The zero-order valence-electron chi connectivity index (χ0n) is 20.5. The second-order valence-electron chi connectivity index (χ2n) is 8.92. The van der Waals surface area contributed by atoms with Crippen LogP contribution >= 0.6 is 11.3 Å². The number of sulfonamides is 1. The third-order valence-corrected chi connectivity index (χ3v) is 7.93. The van der Waals surface area contributed by atoms with E-state index in [-0.39, 0.29) is 21.9 Å². The van der Waals surface area contributed by atoms with Crippen LogP contribution in [0.1, 0.15) is 44.6 Å². The number of allylic oxidation sites excluding steroid dienone is 1. The van der Waals surface area contributed by atoms with Gasteiger partial charge in [0.25, 0.3) is 10.0 Å². The lowest BCUT2D eigenvalue weighted by molar-refractivity contribution is 0.0962. The Hall–Kier alpha value is -3.87. The SMILES string of the molecule is Cc1nc(C)c(C(=O)C(C(=O)c2cccc(S(=O)(=O)NC(=N)C(C)(C)O)c2)=C2Nc3ccccc3N2)s1. The van der Waals surface area contributed by atoms with E-state index in [1.54, 1.807) is 26.0 Å². The van der Waals surface area contributed by atoms with E-state index in [1.165, 1.54) is 43.4 Å². The van der Waals surface area contributed by atoms with Gasteiger partial charge in [-0.25, -0.2) is 13.4 Å². The number of nitrogens with one attached hydrogen (secondary N) is 4. The molecule has 0 atom stereocenters. The topological polar surface area (TPSA) is 161 Å². The highest BCUT2D eigenvalue weighted by Gasteiger charge is 2.32. The van der Waals surface area contributed by atoms with Gasteiger partial charge in [0.2, 0.25) is 11.6 Å². The fourth-order valence-corrected chi connectivity index (χ4v) is 5.62. The summed E-state index contributed by atoms with van der Waals surface area (Å²) in [5.41, 5.74) is -0.123. The third kappa shape index (κ3) is 5.31. The molecule has 0 fully saturated rings. The van der Waals surface area contributed by atoms with Crippen molar-refractivity contribution in [3.63, 3.8) is 0 Å². The minimum atomic E-state index is -4.29. The molecule has 0 saturated carbocycles. The van der Waals surface area contributed by atoms with Gasteiger partial charge in [0.15, 0.2) is 0 Å². The van der Waals surface area contributed by atoms with Gasteiger partial charge in [-0.05, 0) is 52.0 Å². The minimum Gasteiger partial charge on any atom is -0.383 e. The fraction of sp³-hybridized carbons (Fsp3) is 0.200. The van der Waals surface area contributed by atoms with Crippen LogP contribution in [0.25, 0.3) is 0 Å². The van der Waals surface area contributed by atoms with Crippen molar-refractivity contribution in [1.29, 1.82) is 5.41 Å². The Kier molecular flexibility index (Phi) is 6.76. The Morgan fingerprint density at radius 2 is 1.65 bits per heavy atom. The number of Topliss-reactive ketones (excluding diaryl/α,β-unsaturated/α-hetero) is 2. The van der Waals surface area contributed by atoms with Gasteiger partial charge in [0.1, 0.15) is 22.8 Å². The molecule has 0 aliphatic carbocycles. The maximum atomic E-state index is 13.8. The number of aryl methyl sites for hydroxylation is 2. The first kappa shape index (κ1) is 26.2. The van der Waals surface area contributed by atoms with Crippen LogP contribution in [0.2, 0.25) is 0 Å². The van der Waals surface area contributed by atoms with Crippen molar-refractivity contribution in [2.24, 2.45) is 0 Å². The van der Waals surface area contributed by atoms with E-state index in [2.05, 4.69) is 15.6 Å². The summed E-state index contributed by atoms with van der Waals surface area (Å²) in [6.45, 7) is 5.98. The normalized spacial score (nSPS) is 12.8. The van der Waals surface area contributed by atoms with Crippen LogP contribution in [0.3, 0.4) is 0 Å². The number of aliphatic hydroxyl groups is 1. The Morgan fingerprint density at radius 1 is 1.03 bits per heavy atom. The zero-order valence-corrected chi connectivity index (χ0v) is 22.1.